The number of ether oxygens (including phenoxy) is 1. The number of hydrogen-bond donors (Lipinski definition) is 6. The van der Waals surface area contributed by atoms with E-state index in [9.17, 15) is 44.1 Å². The van der Waals surface area contributed by atoms with E-state index in [2.05, 4.69) is 43.8 Å². The van der Waals surface area contributed by atoms with Gasteiger partial charge in [-0.1, -0.05) is 97.1 Å². The number of carbonyl (C=O) groups is 6. The fraction of sp³-hybridized carbons (Fsp3) is 0.583. The van der Waals surface area contributed by atoms with Gasteiger partial charge in [-0.15, -0.1) is 0 Å². The predicted molar refractivity (Wildman–Crippen MR) is 240 cm³/mol. The van der Waals surface area contributed by atoms with Crippen molar-refractivity contribution in [3.05, 3.63) is 77.9 Å². The zero-order valence-electron chi connectivity index (χ0n) is 38.5. The van der Waals surface area contributed by atoms with Gasteiger partial charge in [0.2, 0.25) is 17.7 Å². The summed E-state index contributed by atoms with van der Waals surface area (Å²) >= 11 is 0. The molecular weight excluding hydrogens is 807 g/mol. The maximum absolute atomic E-state index is 14.4. The number of Topliss-reactive ketones (excluding diaryl/α,β-unsaturated/α-hetero) is 1. The molecule has 63 heavy (non-hydrogen) atoms. The summed E-state index contributed by atoms with van der Waals surface area (Å²) < 4.78 is 6.09. The highest BCUT2D eigenvalue weighted by Gasteiger charge is 2.39. The average Bonchev–Trinajstić information content (AvgIpc) is 3.22. The Labute approximate surface area is 373 Å². The van der Waals surface area contributed by atoms with E-state index in [0.29, 0.717) is 31.5 Å². The Hall–Kier alpha value is -5.12. The Morgan fingerprint density at radius 2 is 1.65 bits per heavy atom. The van der Waals surface area contributed by atoms with Gasteiger partial charge in [0.15, 0.2) is 0 Å². The van der Waals surface area contributed by atoms with Crippen LogP contribution in [0.15, 0.2) is 72.4 Å². The number of aromatic hydroxyl groups is 1. The lowest BCUT2D eigenvalue weighted by Crippen LogP contribution is -2.59. The molecule has 0 aliphatic carbocycles. The van der Waals surface area contributed by atoms with Crippen molar-refractivity contribution in [2.45, 2.75) is 131 Å². The van der Waals surface area contributed by atoms with Crippen molar-refractivity contribution in [2.24, 2.45) is 29.6 Å². The molecule has 1 aromatic carbocycles. The zero-order valence-corrected chi connectivity index (χ0v) is 38.5. The summed E-state index contributed by atoms with van der Waals surface area (Å²) in [5.74, 6) is -5.22. The molecule has 15 nitrogen and oxygen atoms in total. The van der Waals surface area contributed by atoms with Crippen LogP contribution in [-0.4, -0.2) is 111 Å². The van der Waals surface area contributed by atoms with Crippen molar-refractivity contribution < 1.29 is 48.8 Å². The van der Waals surface area contributed by atoms with E-state index in [4.69, 9.17) is 4.74 Å². The summed E-state index contributed by atoms with van der Waals surface area (Å²) in [6, 6.07) is 2.29. The lowest BCUT2D eigenvalue weighted by Gasteiger charge is -2.36. The molecule has 2 aliphatic rings. The number of phenolic OH excluding ortho intramolecular Hbond substituents is 1. The highest BCUT2D eigenvalue weighted by Crippen LogP contribution is 2.26. The molecule has 1 aromatic rings. The number of nitrogens with one attached hydrogen (secondary N) is 3. The maximum atomic E-state index is 14.4. The summed E-state index contributed by atoms with van der Waals surface area (Å²) in [7, 11) is 0. The standard InChI is InChI=1S/C48H71N5O10/c1-29(2)27-52(28-30(3)4)41(57)22-13-16-32(7)40-21-12-10-11-20-39(56)34(9)44(58)37(24-23-33(8)54)45(59)49-42(31(5)6)46(60)50-43(35-17-14-18-36(55)26-35)47(61)53-25-15-19-38(51-53)48(62)63-40/h10-14,16-18,20,22,26,29-31,34,37-40,42-44,51,55-56,58H,15,19,21,23-25,27-28H2,1-9H3,(H,49,59)(H,50,60)/b12-10+,20-11+,22-13+,32-16+/t34-,37+,38?,39-,40-,42-,43?,44+/m0/s1. The number of hydrazine groups is 1. The number of fused-ring (bicyclic) bond motifs is 2. The fourth-order valence-electron chi connectivity index (χ4n) is 7.49. The number of benzene rings is 1. The van der Waals surface area contributed by atoms with E-state index in [1.54, 1.807) is 64.1 Å². The largest absolute Gasteiger partial charge is 0.508 e. The van der Waals surface area contributed by atoms with Gasteiger partial charge in [-0.25, -0.2) is 5.43 Å². The lowest BCUT2D eigenvalue weighted by atomic mass is 9.84. The van der Waals surface area contributed by atoms with E-state index in [1.165, 1.54) is 42.3 Å². The second-order valence-electron chi connectivity index (χ2n) is 18.0. The first-order valence-electron chi connectivity index (χ1n) is 22.2. The SMILES string of the molecule is CC(=O)CC[C@H]1C(=O)N[C@@H](C(C)C)C(=O)NC(c2cccc(O)c2)C(=O)N2CCCC(N2)C(=O)O[C@H](/C(C)=C/C=C/C(=O)N(CC(C)C)CC(C)C)C/C=C/C=C/[C@H](O)[C@H](C)[C@H]1O. The summed E-state index contributed by atoms with van der Waals surface area (Å²) in [5.41, 5.74) is 3.87. The van der Waals surface area contributed by atoms with E-state index in [-0.39, 0.29) is 60.6 Å². The summed E-state index contributed by atoms with van der Waals surface area (Å²) in [5, 5.41) is 39.8. The molecule has 348 valence electrons. The van der Waals surface area contributed by atoms with Gasteiger partial charge in [-0.05, 0) is 74.1 Å². The van der Waals surface area contributed by atoms with Crippen LogP contribution in [0.3, 0.4) is 0 Å². The van der Waals surface area contributed by atoms with Crippen molar-refractivity contribution >= 4 is 35.4 Å². The molecule has 0 saturated carbocycles. The lowest BCUT2D eigenvalue weighted by molar-refractivity contribution is -0.156. The zero-order chi connectivity index (χ0) is 47.0. The van der Waals surface area contributed by atoms with Gasteiger partial charge in [-0.2, -0.15) is 0 Å². The Kier molecular flexibility index (Phi) is 20.9. The molecule has 4 amide bonds. The van der Waals surface area contributed by atoms with Gasteiger partial charge in [-0.3, -0.25) is 29.0 Å². The number of phenols is 1. The van der Waals surface area contributed by atoms with Crippen LogP contribution in [0.25, 0.3) is 0 Å². The molecule has 6 N–H and O–H groups in total. The van der Waals surface area contributed by atoms with Crippen molar-refractivity contribution in [3.8, 4) is 5.75 Å². The third-order valence-electron chi connectivity index (χ3n) is 11.1. The molecule has 1 saturated heterocycles. The molecule has 8 atom stereocenters. The van der Waals surface area contributed by atoms with Crippen LogP contribution >= 0.6 is 0 Å². The third kappa shape index (κ3) is 16.5. The average molecular weight is 878 g/mol. The first-order valence-corrected chi connectivity index (χ1v) is 22.2. The summed E-state index contributed by atoms with van der Waals surface area (Å²) in [6.07, 6.45) is 8.69. The number of amides is 4. The number of ketones is 1. The fourth-order valence-corrected chi connectivity index (χ4v) is 7.49. The number of nitrogens with zero attached hydrogens (tertiary/aromatic N) is 2. The number of allylic oxidation sites excluding steroid dienone is 4. The minimum Gasteiger partial charge on any atom is -0.508 e. The van der Waals surface area contributed by atoms with Crippen molar-refractivity contribution in [1.29, 1.82) is 0 Å². The molecule has 15 heteroatoms. The highest BCUT2D eigenvalue weighted by molar-refractivity contribution is 5.93. The predicted octanol–water partition coefficient (Wildman–Crippen LogP) is 4.60. The second-order valence-corrected chi connectivity index (χ2v) is 18.0. The molecule has 0 radical (unpaired) electrons. The molecule has 0 aromatic heterocycles. The molecule has 3 rings (SSSR count). The minimum atomic E-state index is -1.43. The Morgan fingerprint density at radius 3 is 2.27 bits per heavy atom. The van der Waals surface area contributed by atoms with Crippen LogP contribution in [0.4, 0.5) is 0 Å². The molecule has 1 fully saturated rings. The van der Waals surface area contributed by atoms with Gasteiger partial charge in [0.05, 0.1) is 18.1 Å². The smallest absolute Gasteiger partial charge is 0.325 e. The van der Waals surface area contributed by atoms with Crippen molar-refractivity contribution in [1.82, 2.24) is 26.0 Å². The summed E-state index contributed by atoms with van der Waals surface area (Å²) in [4.78, 5) is 83.4. The van der Waals surface area contributed by atoms with E-state index >= 15 is 0 Å². The molecule has 2 heterocycles. The van der Waals surface area contributed by atoms with Crippen LogP contribution < -0.4 is 16.1 Å². The molecule has 2 aliphatic heterocycles. The van der Waals surface area contributed by atoms with Gasteiger partial charge >= 0.3 is 5.97 Å². The Balaban J connectivity index is 2.08. The van der Waals surface area contributed by atoms with Crippen molar-refractivity contribution in [2.75, 3.05) is 19.6 Å². The van der Waals surface area contributed by atoms with Crippen LogP contribution in [0.5, 0.6) is 5.75 Å². The van der Waals surface area contributed by atoms with Crippen LogP contribution in [0, 0.1) is 29.6 Å². The first kappa shape index (κ1) is 52.2. The summed E-state index contributed by atoms with van der Waals surface area (Å²) in [6.45, 7) is 17.7. The molecule has 2 bridgehead atoms. The number of hydrogen-bond acceptors (Lipinski definition) is 11. The second kappa shape index (κ2) is 25.2. The topological polar surface area (TPSA) is 215 Å². The quantitative estimate of drug-likeness (QED) is 0.0970. The molecule has 0 spiro atoms. The number of carbonyl (C=O) groups excluding carboxylic acids is 6. The van der Waals surface area contributed by atoms with E-state index in [1.807, 2.05) is 4.90 Å². The number of cyclic esters (lactones) is 1. The third-order valence-corrected chi connectivity index (χ3v) is 11.1. The number of esters is 1. The Morgan fingerprint density at radius 1 is 0.968 bits per heavy atom. The molecule has 2 unspecified atom stereocenters. The van der Waals surface area contributed by atoms with Crippen LogP contribution in [0.1, 0.15) is 106 Å². The van der Waals surface area contributed by atoms with E-state index < -0.39 is 77.9 Å². The number of aliphatic hydroxyl groups excluding tert-OH is 2. The van der Waals surface area contributed by atoms with Gasteiger partial charge in [0.25, 0.3) is 5.91 Å². The minimum absolute atomic E-state index is 0.0343. The number of aliphatic hydroxyl groups is 2. The van der Waals surface area contributed by atoms with Crippen LogP contribution in [-0.2, 0) is 33.5 Å². The molecular formula is C48H71N5O10. The normalized spacial score (nSPS) is 27.3. The van der Waals surface area contributed by atoms with Gasteiger partial charge in [0.1, 0.15) is 35.8 Å². The van der Waals surface area contributed by atoms with Gasteiger partial charge in [0, 0.05) is 44.5 Å². The van der Waals surface area contributed by atoms with Crippen molar-refractivity contribution in [3.63, 3.8) is 0 Å². The number of rotatable bonds is 12. The van der Waals surface area contributed by atoms with Gasteiger partial charge < -0.3 is 40.4 Å². The Bertz CT molecular complexity index is 1850. The van der Waals surface area contributed by atoms with E-state index in [0.717, 1.165) is 0 Å². The monoisotopic (exact) mass is 878 g/mol. The maximum Gasteiger partial charge on any atom is 0.325 e. The first-order chi connectivity index (χ1) is 29.7. The highest BCUT2D eigenvalue weighted by atomic mass is 16.5. The van der Waals surface area contributed by atoms with Crippen LogP contribution in [0.2, 0.25) is 0 Å².